The Morgan fingerprint density at radius 3 is 2.48 bits per heavy atom. The number of rotatable bonds is 8. The van der Waals surface area contributed by atoms with Crippen LogP contribution in [-0.4, -0.2) is 56.8 Å². The summed E-state index contributed by atoms with van der Waals surface area (Å²) in [6, 6.07) is 9.06. The van der Waals surface area contributed by atoms with Crippen molar-refractivity contribution in [3.8, 4) is 5.75 Å². The first-order valence-electron chi connectivity index (χ1n) is 8.97. The second-order valence-corrected chi connectivity index (χ2v) is 8.21. The molecule has 0 saturated carbocycles. The van der Waals surface area contributed by atoms with E-state index in [4.69, 9.17) is 4.74 Å². The fourth-order valence-electron chi connectivity index (χ4n) is 2.77. The molecule has 1 N–H and O–H groups in total. The Bertz CT molecular complexity index is 1060. The third-order valence-electron chi connectivity index (χ3n) is 4.28. The number of sulfonamides is 1. The number of nitrogens with one attached hydrogen (secondary N) is 1. The molecule has 1 fully saturated rings. The zero-order valence-corrected chi connectivity index (χ0v) is 16.8. The first kappa shape index (κ1) is 22.5. The van der Waals surface area contributed by atoms with Crippen LogP contribution in [0.4, 0.5) is 20.2 Å². The van der Waals surface area contributed by atoms with Gasteiger partial charge in [0.15, 0.2) is 0 Å². The molecule has 1 heterocycles. The molecule has 0 unspecified atom stereocenters. The van der Waals surface area contributed by atoms with Gasteiger partial charge in [0, 0.05) is 19.2 Å². The summed E-state index contributed by atoms with van der Waals surface area (Å²) in [6.45, 7) is -2.09. The summed E-state index contributed by atoms with van der Waals surface area (Å²) >= 11 is 0. The monoisotopic (exact) mass is 456 g/mol. The Hall–Kier alpha value is -3.16. The predicted octanol–water partition coefficient (Wildman–Crippen LogP) is 2.66. The lowest BCUT2D eigenvalue weighted by molar-refractivity contribution is -0.384. The zero-order chi connectivity index (χ0) is 22.4. The SMILES string of the molecule is O=[N+]([O-])c1cc(S(=O)(=O)N2CCOCC2)ccc1N/N=C/c1ccc(OC(F)F)cc1. The number of morpholine rings is 1. The lowest BCUT2D eigenvalue weighted by Crippen LogP contribution is -2.40. The molecule has 1 aliphatic rings. The van der Waals surface area contributed by atoms with Crippen molar-refractivity contribution in [2.24, 2.45) is 5.10 Å². The number of nitrogens with zero attached hydrogens (tertiary/aromatic N) is 3. The summed E-state index contributed by atoms with van der Waals surface area (Å²) in [5, 5.41) is 15.3. The van der Waals surface area contributed by atoms with Gasteiger partial charge in [-0.15, -0.1) is 0 Å². The highest BCUT2D eigenvalue weighted by molar-refractivity contribution is 7.89. The van der Waals surface area contributed by atoms with Crippen molar-refractivity contribution >= 4 is 27.6 Å². The van der Waals surface area contributed by atoms with Crippen LogP contribution in [0, 0.1) is 10.1 Å². The van der Waals surface area contributed by atoms with Crippen LogP contribution in [0.1, 0.15) is 5.56 Å². The van der Waals surface area contributed by atoms with Crippen molar-refractivity contribution in [1.82, 2.24) is 4.31 Å². The number of benzene rings is 2. The highest BCUT2D eigenvalue weighted by Crippen LogP contribution is 2.29. The Balaban J connectivity index is 1.75. The lowest BCUT2D eigenvalue weighted by atomic mass is 10.2. The summed E-state index contributed by atoms with van der Waals surface area (Å²) in [7, 11) is -3.89. The average molecular weight is 456 g/mol. The molecule has 0 bridgehead atoms. The van der Waals surface area contributed by atoms with Gasteiger partial charge in [0.2, 0.25) is 10.0 Å². The van der Waals surface area contributed by atoms with E-state index in [0.29, 0.717) is 5.56 Å². The second kappa shape index (κ2) is 9.76. The molecule has 3 rings (SSSR count). The van der Waals surface area contributed by atoms with Gasteiger partial charge in [0.1, 0.15) is 11.4 Å². The lowest BCUT2D eigenvalue weighted by Gasteiger charge is -2.26. The highest BCUT2D eigenvalue weighted by atomic mass is 32.2. The van der Waals surface area contributed by atoms with Gasteiger partial charge in [0.25, 0.3) is 5.69 Å². The Labute approximate surface area is 176 Å². The summed E-state index contributed by atoms with van der Waals surface area (Å²) < 4.78 is 60.3. The number of alkyl halides is 2. The van der Waals surface area contributed by atoms with Crippen molar-refractivity contribution in [2.45, 2.75) is 11.5 Å². The maximum Gasteiger partial charge on any atom is 0.387 e. The van der Waals surface area contributed by atoms with Crippen LogP contribution >= 0.6 is 0 Å². The van der Waals surface area contributed by atoms with Gasteiger partial charge in [-0.2, -0.15) is 18.2 Å². The van der Waals surface area contributed by atoms with Crippen LogP contribution in [0.25, 0.3) is 0 Å². The van der Waals surface area contributed by atoms with Crippen molar-refractivity contribution in [2.75, 3.05) is 31.7 Å². The third kappa shape index (κ3) is 5.71. The summed E-state index contributed by atoms with van der Waals surface area (Å²) in [6.07, 6.45) is 1.31. The van der Waals surface area contributed by atoms with E-state index in [1.54, 1.807) is 0 Å². The van der Waals surface area contributed by atoms with Gasteiger partial charge in [-0.25, -0.2) is 8.42 Å². The fraction of sp³-hybridized carbons (Fsp3) is 0.278. The van der Waals surface area contributed by atoms with Crippen LogP contribution in [0.2, 0.25) is 0 Å². The molecule has 0 amide bonds. The molecule has 2 aromatic rings. The quantitative estimate of drug-likeness (QED) is 0.368. The molecule has 2 aromatic carbocycles. The highest BCUT2D eigenvalue weighted by Gasteiger charge is 2.28. The summed E-state index contributed by atoms with van der Waals surface area (Å²) in [5.74, 6) is -0.0205. The van der Waals surface area contributed by atoms with Crippen molar-refractivity contribution < 1.29 is 31.6 Å². The van der Waals surface area contributed by atoms with Crippen LogP contribution in [0.15, 0.2) is 52.5 Å². The minimum Gasteiger partial charge on any atom is -0.435 e. The molecule has 1 saturated heterocycles. The number of nitro benzene ring substituents is 1. The number of halogens is 2. The molecule has 0 spiro atoms. The van der Waals surface area contributed by atoms with Crippen LogP contribution in [0.5, 0.6) is 5.75 Å². The largest absolute Gasteiger partial charge is 0.435 e. The minimum absolute atomic E-state index is 0.0140. The van der Waals surface area contributed by atoms with E-state index in [2.05, 4.69) is 15.3 Å². The van der Waals surface area contributed by atoms with Crippen molar-refractivity contribution in [3.05, 3.63) is 58.1 Å². The number of anilines is 1. The molecule has 10 nitrogen and oxygen atoms in total. The molecule has 1 aliphatic heterocycles. The summed E-state index contributed by atoms with van der Waals surface area (Å²) in [4.78, 5) is 10.5. The molecule has 31 heavy (non-hydrogen) atoms. The Morgan fingerprint density at radius 2 is 1.87 bits per heavy atom. The third-order valence-corrected chi connectivity index (χ3v) is 6.17. The number of ether oxygens (including phenoxy) is 2. The molecular weight excluding hydrogens is 438 g/mol. The van der Waals surface area contributed by atoms with Gasteiger partial charge < -0.3 is 9.47 Å². The molecule has 0 atom stereocenters. The van der Waals surface area contributed by atoms with E-state index in [1.807, 2.05) is 0 Å². The van der Waals surface area contributed by atoms with Gasteiger partial charge in [-0.3, -0.25) is 15.5 Å². The van der Waals surface area contributed by atoms with E-state index >= 15 is 0 Å². The molecule has 0 aromatic heterocycles. The minimum atomic E-state index is -3.89. The first-order chi connectivity index (χ1) is 14.8. The van der Waals surface area contributed by atoms with E-state index in [9.17, 15) is 27.3 Å². The molecule has 166 valence electrons. The normalized spacial score (nSPS) is 15.3. The van der Waals surface area contributed by atoms with Gasteiger partial charge in [-0.1, -0.05) is 0 Å². The van der Waals surface area contributed by atoms with Crippen molar-refractivity contribution in [1.29, 1.82) is 0 Å². The van der Waals surface area contributed by atoms with Gasteiger partial charge in [0.05, 0.1) is 29.2 Å². The van der Waals surface area contributed by atoms with Crippen LogP contribution in [0.3, 0.4) is 0 Å². The van der Waals surface area contributed by atoms with Crippen molar-refractivity contribution in [3.63, 3.8) is 0 Å². The number of hydrogen-bond acceptors (Lipinski definition) is 8. The molecule has 0 aliphatic carbocycles. The second-order valence-electron chi connectivity index (χ2n) is 6.27. The van der Waals surface area contributed by atoms with E-state index in [-0.39, 0.29) is 42.6 Å². The van der Waals surface area contributed by atoms with Crippen LogP contribution < -0.4 is 10.2 Å². The average Bonchev–Trinajstić information content (AvgIpc) is 2.75. The zero-order valence-electron chi connectivity index (χ0n) is 16.0. The fourth-order valence-corrected chi connectivity index (χ4v) is 4.19. The number of hydrazone groups is 1. The maximum absolute atomic E-state index is 12.7. The predicted molar refractivity (Wildman–Crippen MR) is 107 cm³/mol. The number of hydrogen-bond donors (Lipinski definition) is 1. The smallest absolute Gasteiger partial charge is 0.387 e. The van der Waals surface area contributed by atoms with Crippen LogP contribution in [-0.2, 0) is 14.8 Å². The first-order valence-corrected chi connectivity index (χ1v) is 10.4. The Morgan fingerprint density at radius 1 is 1.19 bits per heavy atom. The number of nitro groups is 1. The molecular formula is C18H18F2N4O6S. The van der Waals surface area contributed by atoms with E-state index in [0.717, 1.165) is 6.07 Å². The topological polar surface area (TPSA) is 123 Å². The standard InChI is InChI=1S/C18H18F2N4O6S/c19-18(20)30-14-3-1-13(2-4-14)12-21-22-16-6-5-15(11-17(16)24(25)26)31(27,28)23-7-9-29-10-8-23/h1-6,11-12,18,22H,7-10H2/b21-12+. The van der Waals surface area contributed by atoms with E-state index < -0.39 is 27.2 Å². The summed E-state index contributed by atoms with van der Waals surface area (Å²) in [5.41, 5.74) is 2.53. The Kier molecular flexibility index (Phi) is 7.09. The maximum atomic E-state index is 12.7. The molecule has 13 heteroatoms. The van der Waals surface area contributed by atoms with Gasteiger partial charge >= 0.3 is 6.61 Å². The van der Waals surface area contributed by atoms with E-state index in [1.165, 1.54) is 46.9 Å². The van der Waals surface area contributed by atoms with Gasteiger partial charge in [-0.05, 0) is 42.0 Å². The molecule has 0 radical (unpaired) electrons.